The normalized spacial score (nSPS) is 17.1. The first-order valence-corrected chi connectivity index (χ1v) is 14.7. The fourth-order valence-corrected chi connectivity index (χ4v) is 5.73. The second kappa shape index (κ2) is 12.5. The Morgan fingerprint density at radius 2 is 1.49 bits per heavy atom. The van der Waals surface area contributed by atoms with Crippen molar-refractivity contribution in [2.75, 3.05) is 7.11 Å². The van der Waals surface area contributed by atoms with Crippen LogP contribution in [0.1, 0.15) is 30.0 Å². The van der Waals surface area contributed by atoms with Crippen LogP contribution >= 0.6 is 0 Å². The van der Waals surface area contributed by atoms with Crippen LogP contribution < -0.4 is 14.2 Å². The predicted molar refractivity (Wildman–Crippen MR) is 166 cm³/mol. The van der Waals surface area contributed by atoms with Crippen LogP contribution in [0.5, 0.6) is 23.0 Å². The number of benzene rings is 4. The summed E-state index contributed by atoms with van der Waals surface area (Å²) in [6.45, 7) is 2.21. The maximum Gasteiger partial charge on any atom is 0.166 e. The van der Waals surface area contributed by atoms with E-state index >= 15 is 4.39 Å². The summed E-state index contributed by atoms with van der Waals surface area (Å²) in [5.41, 5.74) is 1.58. The first kappa shape index (κ1) is 29.9. The summed E-state index contributed by atoms with van der Waals surface area (Å²) in [5.74, 6) is -0.242. The van der Waals surface area contributed by atoms with E-state index < -0.39 is 11.2 Å². The highest BCUT2D eigenvalue weighted by Gasteiger charge is 2.61. The Morgan fingerprint density at radius 3 is 2.16 bits per heavy atom. The van der Waals surface area contributed by atoms with Crippen molar-refractivity contribution in [1.29, 1.82) is 0 Å². The molecule has 0 amide bonds. The zero-order valence-electron chi connectivity index (χ0n) is 24.9. The third-order valence-corrected chi connectivity index (χ3v) is 8.39. The molecule has 6 nitrogen and oxygen atoms in total. The minimum atomic E-state index is -1.10. The molecule has 6 rings (SSSR count). The Hall–Kier alpha value is -5.11. The molecule has 0 N–H and O–H groups in total. The Balaban J connectivity index is 1.17. The molecule has 0 saturated heterocycles. The SMILES string of the molecule is COc1cc2c(Oc3ccc(CC(=O)[C@@]4(C(=O)Cc5ccc(F)cc5)C[C@H]4C)cc3F)ccnc2cc1OCc1ccccc1. The molecule has 0 bridgehead atoms. The van der Waals surface area contributed by atoms with Gasteiger partial charge in [-0.1, -0.05) is 55.5 Å². The van der Waals surface area contributed by atoms with Gasteiger partial charge in [-0.2, -0.15) is 0 Å². The van der Waals surface area contributed by atoms with E-state index in [0.29, 0.717) is 52.3 Å². The van der Waals surface area contributed by atoms with Crippen LogP contribution in [-0.4, -0.2) is 23.7 Å². The van der Waals surface area contributed by atoms with E-state index in [2.05, 4.69) is 4.98 Å². The lowest BCUT2D eigenvalue weighted by molar-refractivity contribution is -0.134. The topological polar surface area (TPSA) is 74.7 Å². The number of aromatic nitrogens is 1. The number of halogens is 2. The molecule has 0 radical (unpaired) electrons. The van der Waals surface area contributed by atoms with Crippen molar-refractivity contribution in [3.05, 3.63) is 126 Å². The summed E-state index contributed by atoms with van der Waals surface area (Å²) in [5, 5.41) is 0.601. The number of methoxy groups -OCH3 is 1. The summed E-state index contributed by atoms with van der Waals surface area (Å²) in [4.78, 5) is 31.0. The van der Waals surface area contributed by atoms with Gasteiger partial charge in [-0.25, -0.2) is 8.78 Å². The summed E-state index contributed by atoms with van der Waals surface area (Å²) in [6, 6.07) is 24.9. The molecular formula is C37H31F2NO5. The van der Waals surface area contributed by atoms with E-state index in [1.54, 1.807) is 42.6 Å². The zero-order valence-corrected chi connectivity index (χ0v) is 24.9. The molecule has 1 heterocycles. The average Bonchev–Trinajstić information content (AvgIpc) is 3.74. The lowest BCUT2D eigenvalue weighted by Crippen LogP contribution is -2.30. The summed E-state index contributed by atoms with van der Waals surface area (Å²) < 4.78 is 46.2. The van der Waals surface area contributed by atoms with E-state index in [4.69, 9.17) is 14.2 Å². The Bertz CT molecular complexity index is 1880. The van der Waals surface area contributed by atoms with Gasteiger partial charge in [0.1, 0.15) is 18.2 Å². The number of carbonyl (C=O) groups excluding carboxylic acids is 2. The van der Waals surface area contributed by atoms with E-state index in [0.717, 1.165) is 5.56 Å². The molecule has 228 valence electrons. The van der Waals surface area contributed by atoms with Crippen LogP contribution in [-0.2, 0) is 29.0 Å². The van der Waals surface area contributed by atoms with Gasteiger partial charge in [-0.3, -0.25) is 14.6 Å². The molecule has 0 aliphatic heterocycles. The summed E-state index contributed by atoms with van der Waals surface area (Å²) in [7, 11) is 1.54. The van der Waals surface area contributed by atoms with Gasteiger partial charge >= 0.3 is 0 Å². The van der Waals surface area contributed by atoms with Gasteiger partial charge in [0.25, 0.3) is 0 Å². The highest BCUT2D eigenvalue weighted by Crippen LogP contribution is 2.54. The fraction of sp³-hybridized carbons (Fsp3) is 0.216. The largest absolute Gasteiger partial charge is 0.493 e. The van der Waals surface area contributed by atoms with Crippen molar-refractivity contribution >= 4 is 22.5 Å². The minimum absolute atomic E-state index is 0.0241. The smallest absolute Gasteiger partial charge is 0.166 e. The number of carbonyl (C=O) groups is 2. The number of rotatable bonds is 12. The molecule has 2 atom stereocenters. The molecule has 4 aromatic carbocycles. The van der Waals surface area contributed by atoms with Crippen LogP contribution in [0.2, 0.25) is 0 Å². The lowest BCUT2D eigenvalue weighted by atomic mass is 9.86. The fourth-order valence-electron chi connectivity index (χ4n) is 5.73. The molecule has 1 aromatic heterocycles. The third kappa shape index (κ3) is 6.27. The molecule has 1 fully saturated rings. The number of ether oxygens (including phenoxy) is 3. The molecule has 8 heteroatoms. The highest BCUT2D eigenvalue weighted by molar-refractivity contribution is 6.11. The minimum Gasteiger partial charge on any atom is -0.493 e. The molecule has 0 unspecified atom stereocenters. The number of nitrogens with zero attached hydrogens (tertiary/aromatic N) is 1. The van der Waals surface area contributed by atoms with Gasteiger partial charge in [0, 0.05) is 30.5 Å². The maximum absolute atomic E-state index is 15.3. The number of hydrogen-bond donors (Lipinski definition) is 0. The van der Waals surface area contributed by atoms with Gasteiger partial charge in [0.05, 0.1) is 18.0 Å². The van der Waals surface area contributed by atoms with E-state index in [-0.39, 0.29) is 41.9 Å². The number of fused-ring (bicyclic) bond motifs is 1. The van der Waals surface area contributed by atoms with Crippen LogP contribution in [0.3, 0.4) is 0 Å². The quantitative estimate of drug-likeness (QED) is 0.135. The maximum atomic E-state index is 15.3. The van der Waals surface area contributed by atoms with Crippen molar-refractivity contribution in [2.24, 2.45) is 11.3 Å². The third-order valence-electron chi connectivity index (χ3n) is 8.39. The molecule has 1 aliphatic rings. The molecule has 1 aliphatic carbocycles. The van der Waals surface area contributed by atoms with Crippen LogP contribution in [0.4, 0.5) is 8.78 Å². The summed E-state index contributed by atoms with van der Waals surface area (Å²) >= 11 is 0. The highest BCUT2D eigenvalue weighted by atomic mass is 19.1. The molecule has 45 heavy (non-hydrogen) atoms. The molecule has 0 spiro atoms. The van der Waals surface area contributed by atoms with E-state index in [1.165, 1.54) is 31.4 Å². The zero-order chi connectivity index (χ0) is 31.6. The Kier molecular flexibility index (Phi) is 8.30. The van der Waals surface area contributed by atoms with Crippen molar-refractivity contribution in [1.82, 2.24) is 4.98 Å². The lowest BCUT2D eigenvalue weighted by Gasteiger charge is -2.16. The van der Waals surface area contributed by atoms with E-state index in [1.807, 2.05) is 37.3 Å². The van der Waals surface area contributed by atoms with Gasteiger partial charge in [-0.15, -0.1) is 0 Å². The van der Waals surface area contributed by atoms with E-state index in [9.17, 15) is 14.0 Å². The van der Waals surface area contributed by atoms with Crippen molar-refractivity contribution < 1.29 is 32.6 Å². The van der Waals surface area contributed by atoms with Crippen LogP contribution in [0.15, 0.2) is 97.2 Å². The standard InChI is InChI=1S/C37H31F2NO5/c1-23-21-37(23,35(41)17-24-8-11-27(38)12-9-24)36(42)18-26-10-13-32(29(39)16-26)45-31-14-15-40-30-20-34(33(43-2)19-28(30)31)44-22-25-6-4-3-5-7-25/h3-16,19-20,23H,17-18,21-22H2,1-2H3/t23-,37+/m1/s1. The first-order valence-electron chi connectivity index (χ1n) is 14.7. The van der Waals surface area contributed by atoms with Gasteiger partial charge in [0.15, 0.2) is 34.6 Å². The Morgan fingerprint density at radius 1 is 0.800 bits per heavy atom. The van der Waals surface area contributed by atoms with Crippen molar-refractivity contribution in [2.45, 2.75) is 32.8 Å². The van der Waals surface area contributed by atoms with Crippen molar-refractivity contribution in [3.63, 3.8) is 0 Å². The average molecular weight is 608 g/mol. The molecule has 5 aromatic rings. The van der Waals surface area contributed by atoms with Crippen molar-refractivity contribution in [3.8, 4) is 23.0 Å². The predicted octanol–water partition coefficient (Wildman–Crippen LogP) is 7.84. The van der Waals surface area contributed by atoms with Crippen LogP contribution in [0.25, 0.3) is 10.9 Å². The van der Waals surface area contributed by atoms with Crippen LogP contribution in [0, 0.1) is 23.0 Å². The number of hydrogen-bond acceptors (Lipinski definition) is 6. The number of Topliss-reactive ketones (excluding diaryl/α,β-unsaturated/α-hetero) is 2. The van der Waals surface area contributed by atoms with Gasteiger partial charge < -0.3 is 14.2 Å². The van der Waals surface area contributed by atoms with Gasteiger partial charge in [0.2, 0.25) is 0 Å². The van der Waals surface area contributed by atoms with Gasteiger partial charge in [-0.05, 0) is 65.4 Å². The second-order valence-corrected chi connectivity index (χ2v) is 11.4. The molecular weight excluding hydrogens is 576 g/mol. The molecule has 1 saturated carbocycles. The number of pyridine rings is 1. The Labute approximate surface area is 259 Å². The second-order valence-electron chi connectivity index (χ2n) is 11.4. The monoisotopic (exact) mass is 607 g/mol. The summed E-state index contributed by atoms with van der Waals surface area (Å²) in [6.07, 6.45) is 1.98. The number of ketones is 2. The first-order chi connectivity index (χ1) is 21.8.